The van der Waals surface area contributed by atoms with Crippen molar-refractivity contribution < 1.29 is 28.7 Å². The molecule has 1 aliphatic heterocycles. The fourth-order valence-electron chi connectivity index (χ4n) is 3.56. The molecule has 34 heavy (non-hydrogen) atoms. The summed E-state index contributed by atoms with van der Waals surface area (Å²) in [6, 6.07) is 13.5. The molecule has 0 unspecified atom stereocenters. The summed E-state index contributed by atoms with van der Waals surface area (Å²) in [6.07, 6.45) is 0.876. The van der Waals surface area contributed by atoms with Gasteiger partial charge in [0.05, 0.1) is 0 Å². The first-order valence-electron chi connectivity index (χ1n) is 11.5. The average molecular weight is 467 g/mol. The maximum atomic E-state index is 12.5. The van der Waals surface area contributed by atoms with E-state index >= 15 is 0 Å². The van der Waals surface area contributed by atoms with Crippen LogP contribution < -0.4 is 9.47 Å². The number of rotatable bonds is 10. The minimum atomic E-state index is -0.154. The van der Waals surface area contributed by atoms with Gasteiger partial charge < -0.3 is 19.3 Å². The van der Waals surface area contributed by atoms with E-state index in [1.54, 1.807) is 58.3 Å². The van der Waals surface area contributed by atoms with Gasteiger partial charge in [0, 0.05) is 50.1 Å². The maximum Gasteiger partial charge on any atom is 0.260 e. The Morgan fingerprint density at radius 1 is 0.618 bits per heavy atom. The molecular weight excluding hydrogens is 436 g/mol. The predicted octanol–water partition coefficient (Wildman–Crippen LogP) is 3.00. The van der Waals surface area contributed by atoms with Crippen molar-refractivity contribution in [3.05, 3.63) is 59.7 Å². The third-order valence-corrected chi connectivity index (χ3v) is 5.70. The van der Waals surface area contributed by atoms with Crippen LogP contribution in [0.15, 0.2) is 48.5 Å². The number of Topliss-reactive ketones (excluding diaryl/α,β-unsaturated/α-hetero) is 2. The second kappa shape index (κ2) is 12.0. The van der Waals surface area contributed by atoms with Crippen molar-refractivity contribution in [2.24, 2.45) is 0 Å². The summed E-state index contributed by atoms with van der Waals surface area (Å²) < 4.78 is 11.1. The predicted molar refractivity (Wildman–Crippen MR) is 126 cm³/mol. The molecular formula is C26H30N2O6. The van der Waals surface area contributed by atoms with E-state index in [1.807, 2.05) is 13.8 Å². The largest absolute Gasteiger partial charge is 0.484 e. The lowest BCUT2D eigenvalue weighted by molar-refractivity contribution is -0.141. The maximum absolute atomic E-state index is 12.5. The molecule has 0 atom stereocenters. The first-order valence-corrected chi connectivity index (χ1v) is 11.5. The Hall–Kier alpha value is -3.68. The molecule has 1 fully saturated rings. The molecule has 0 aliphatic carbocycles. The van der Waals surface area contributed by atoms with Crippen molar-refractivity contribution in [3.8, 4) is 11.5 Å². The summed E-state index contributed by atoms with van der Waals surface area (Å²) in [6.45, 7) is 5.10. The van der Waals surface area contributed by atoms with Gasteiger partial charge in [-0.05, 0) is 48.5 Å². The highest BCUT2D eigenvalue weighted by Crippen LogP contribution is 2.15. The van der Waals surface area contributed by atoms with Crippen LogP contribution in [0.2, 0.25) is 0 Å². The van der Waals surface area contributed by atoms with Crippen LogP contribution in [0.25, 0.3) is 0 Å². The van der Waals surface area contributed by atoms with E-state index in [2.05, 4.69) is 0 Å². The number of benzene rings is 2. The normalized spacial score (nSPS) is 13.4. The molecule has 8 nitrogen and oxygen atoms in total. The molecule has 0 saturated carbocycles. The second-order valence-corrected chi connectivity index (χ2v) is 7.94. The van der Waals surface area contributed by atoms with Crippen LogP contribution in [0.3, 0.4) is 0 Å². The van der Waals surface area contributed by atoms with Gasteiger partial charge in [-0.2, -0.15) is 0 Å². The molecule has 180 valence electrons. The van der Waals surface area contributed by atoms with Crippen molar-refractivity contribution >= 4 is 23.4 Å². The first-order chi connectivity index (χ1) is 16.4. The SMILES string of the molecule is CCC(=O)c1ccc(OCC(=O)N2CCN(C(=O)COc3ccc(C(=O)CC)cc3)CC2)cc1. The number of carbonyl (C=O) groups is 4. The number of carbonyl (C=O) groups excluding carboxylic acids is 4. The van der Waals surface area contributed by atoms with Crippen molar-refractivity contribution in [2.75, 3.05) is 39.4 Å². The highest BCUT2D eigenvalue weighted by atomic mass is 16.5. The number of hydrogen-bond acceptors (Lipinski definition) is 6. The number of ketones is 2. The lowest BCUT2D eigenvalue weighted by Gasteiger charge is -2.34. The molecule has 2 aromatic carbocycles. The van der Waals surface area contributed by atoms with Crippen LogP contribution in [0.5, 0.6) is 11.5 Å². The van der Waals surface area contributed by atoms with Gasteiger partial charge in [-0.15, -0.1) is 0 Å². The van der Waals surface area contributed by atoms with Crippen LogP contribution in [0, 0.1) is 0 Å². The van der Waals surface area contributed by atoms with Crippen LogP contribution in [0.1, 0.15) is 47.4 Å². The average Bonchev–Trinajstić information content (AvgIpc) is 2.90. The molecule has 0 N–H and O–H groups in total. The Labute approximate surface area is 199 Å². The molecule has 1 heterocycles. The Kier molecular flexibility index (Phi) is 8.79. The Morgan fingerprint density at radius 2 is 0.941 bits per heavy atom. The van der Waals surface area contributed by atoms with Crippen molar-refractivity contribution in [1.82, 2.24) is 9.80 Å². The standard InChI is InChI=1S/C26H30N2O6/c1-3-23(29)19-5-9-21(10-6-19)33-17-25(31)27-13-15-28(16-14-27)26(32)18-34-22-11-7-20(8-12-22)24(30)4-2/h5-12H,3-4,13-18H2,1-2H3. The summed E-state index contributed by atoms with van der Waals surface area (Å²) in [5.74, 6) is 0.860. The first kappa shape index (κ1) is 25.0. The van der Waals surface area contributed by atoms with Gasteiger partial charge in [0.2, 0.25) is 0 Å². The van der Waals surface area contributed by atoms with E-state index in [9.17, 15) is 19.2 Å². The minimum absolute atomic E-state index is 0.0572. The monoisotopic (exact) mass is 466 g/mol. The summed E-state index contributed by atoms with van der Waals surface area (Å²) in [7, 11) is 0. The molecule has 1 aliphatic rings. The smallest absolute Gasteiger partial charge is 0.260 e. The number of amides is 2. The van der Waals surface area contributed by atoms with Crippen LogP contribution in [0.4, 0.5) is 0 Å². The molecule has 1 saturated heterocycles. The van der Waals surface area contributed by atoms with Crippen molar-refractivity contribution in [3.63, 3.8) is 0 Å². The van der Waals surface area contributed by atoms with Crippen LogP contribution in [-0.4, -0.2) is 72.6 Å². The van der Waals surface area contributed by atoms with E-state index in [4.69, 9.17) is 9.47 Å². The minimum Gasteiger partial charge on any atom is -0.484 e. The molecule has 0 bridgehead atoms. The van der Waals surface area contributed by atoms with Gasteiger partial charge in [0.25, 0.3) is 11.8 Å². The molecule has 8 heteroatoms. The van der Waals surface area contributed by atoms with Crippen molar-refractivity contribution in [1.29, 1.82) is 0 Å². The number of ether oxygens (including phenoxy) is 2. The van der Waals surface area contributed by atoms with E-state index in [1.165, 1.54) is 0 Å². The van der Waals surface area contributed by atoms with E-state index < -0.39 is 0 Å². The molecule has 3 rings (SSSR count). The lowest BCUT2D eigenvalue weighted by atomic mass is 10.1. The van der Waals surface area contributed by atoms with E-state index in [0.717, 1.165) is 0 Å². The van der Waals surface area contributed by atoms with Crippen LogP contribution in [-0.2, 0) is 9.59 Å². The Bertz CT molecular complexity index is 925. The zero-order valence-corrected chi connectivity index (χ0v) is 19.6. The lowest BCUT2D eigenvalue weighted by Crippen LogP contribution is -2.52. The molecule has 0 radical (unpaired) electrons. The third kappa shape index (κ3) is 6.66. The zero-order chi connectivity index (χ0) is 24.5. The highest BCUT2D eigenvalue weighted by molar-refractivity contribution is 5.96. The van der Waals surface area contributed by atoms with Gasteiger partial charge in [-0.3, -0.25) is 19.2 Å². The summed E-state index contributed by atoms with van der Waals surface area (Å²) in [5, 5.41) is 0. The van der Waals surface area contributed by atoms with Gasteiger partial charge >= 0.3 is 0 Å². The number of piperazine rings is 1. The summed E-state index contributed by atoms with van der Waals surface area (Å²) in [5.41, 5.74) is 1.24. The molecule has 0 aromatic heterocycles. The summed E-state index contributed by atoms with van der Waals surface area (Å²) in [4.78, 5) is 51.6. The second-order valence-electron chi connectivity index (χ2n) is 7.94. The molecule has 2 amide bonds. The third-order valence-electron chi connectivity index (χ3n) is 5.70. The fraction of sp³-hybridized carbons (Fsp3) is 0.385. The van der Waals surface area contributed by atoms with Crippen molar-refractivity contribution in [2.45, 2.75) is 26.7 Å². The summed E-state index contributed by atoms with van der Waals surface area (Å²) >= 11 is 0. The molecule has 0 spiro atoms. The highest BCUT2D eigenvalue weighted by Gasteiger charge is 2.24. The van der Waals surface area contributed by atoms with E-state index in [0.29, 0.717) is 61.6 Å². The van der Waals surface area contributed by atoms with E-state index in [-0.39, 0.29) is 36.6 Å². The Balaban J connectivity index is 1.39. The van der Waals surface area contributed by atoms with Gasteiger partial charge in [0.1, 0.15) is 11.5 Å². The van der Waals surface area contributed by atoms with Crippen LogP contribution >= 0.6 is 0 Å². The quantitative estimate of drug-likeness (QED) is 0.500. The zero-order valence-electron chi connectivity index (χ0n) is 19.6. The van der Waals surface area contributed by atoms with Gasteiger partial charge in [0.15, 0.2) is 24.8 Å². The number of hydrogen-bond donors (Lipinski definition) is 0. The molecule has 2 aromatic rings. The number of nitrogens with zero attached hydrogens (tertiary/aromatic N) is 2. The topological polar surface area (TPSA) is 93.2 Å². The van der Waals surface area contributed by atoms with Gasteiger partial charge in [-0.1, -0.05) is 13.8 Å². The van der Waals surface area contributed by atoms with Gasteiger partial charge in [-0.25, -0.2) is 0 Å². The fourth-order valence-corrected chi connectivity index (χ4v) is 3.56. The Morgan fingerprint density at radius 3 is 1.24 bits per heavy atom.